The average molecular weight is 352 g/mol. The summed E-state index contributed by atoms with van der Waals surface area (Å²) in [6.45, 7) is 1.44. The highest BCUT2D eigenvalue weighted by molar-refractivity contribution is 5.94. The van der Waals surface area contributed by atoms with Gasteiger partial charge in [0.1, 0.15) is 11.5 Å². The molecule has 1 amide bonds. The highest BCUT2D eigenvalue weighted by Gasteiger charge is 2.27. The molecule has 3 heterocycles. The Balaban J connectivity index is 1.49. The Hall–Kier alpha value is -2.89. The van der Waals surface area contributed by atoms with Crippen LogP contribution < -0.4 is 0 Å². The normalized spacial score (nSPS) is 17.5. The Morgan fingerprint density at radius 3 is 2.77 bits per heavy atom. The van der Waals surface area contributed by atoms with Gasteiger partial charge < -0.3 is 9.88 Å². The second-order valence-corrected chi connectivity index (χ2v) is 6.81. The van der Waals surface area contributed by atoms with Crippen molar-refractivity contribution in [1.82, 2.24) is 19.7 Å². The third kappa shape index (κ3) is 3.27. The van der Waals surface area contributed by atoms with Crippen LogP contribution in [0.5, 0.6) is 0 Å². The zero-order chi connectivity index (χ0) is 18.1. The molecule has 1 N–H and O–H groups in total. The number of carbonyl (C=O) groups excluding carboxylic acids is 1. The number of nitrogens with zero attached hydrogens (tertiary/aromatic N) is 3. The molecule has 5 nitrogen and oxygen atoms in total. The third-order valence-corrected chi connectivity index (χ3v) is 4.95. The molecule has 0 saturated carbocycles. The molecular formula is C20H21FN4O. The maximum absolute atomic E-state index is 13.1. The first-order valence-electron chi connectivity index (χ1n) is 8.83. The van der Waals surface area contributed by atoms with Crippen LogP contribution in [0.4, 0.5) is 4.39 Å². The van der Waals surface area contributed by atoms with E-state index in [-0.39, 0.29) is 17.6 Å². The minimum absolute atomic E-state index is 0.000933. The number of aryl methyl sites for hydroxylation is 1. The topological polar surface area (TPSA) is 53.9 Å². The molecule has 0 unspecified atom stereocenters. The number of H-pyrrole nitrogens is 1. The molecule has 2 aromatic heterocycles. The maximum atomic E-state index is 13.1. The summed E-state index contributed by atoms with van der Waals surface area (Å²) in [7, 11) is 1.91. The molecule has 1 aromatic carbocycles. The van der Waals surface area contributed by atoms with E-state index in [4.69, 9.17) is 0 Å². The number of halogens is 1. The van der Waals surface area contributed by atoms with Crippen molar-refractivity contribution in [2.45, 2.75) is 18.8 Å². The van der Waals surface area contributed by atoms with E-state index in [2.05, 4.69) is 10.1 Å². The van der Waals surface area contributed by atoms with Crippen LogP contribution in [0.25, 0.3) is 11.1 Å². The predicted octanol–water partition coefficient (Wildman–Crippen LogP) is 3.57. The number of carbonyl (C=O) groups is 1. The van der Waals surface area contributed by atoms with Crippen LogP contribution in [0, 0.1) is 5.82 Å². The largest absolute Gasteiger partial charge is 0.357 e. The summed E-state index contributed by atoms with van der Waals surface area (Å²) in [4.78, 5) is 17.9. The quantitative estimate of drug-likeness (QED) is 0.783. The van der Waals surface area contributed by atoms with Crippen molar-refractivity contribution >= 4 is 5.91 Å². The third-order valence-electron chi connectivity index (χ3n) is 4.95. The Kier molecular flexibility index (Phi) is 4.32. The van der Waals surface area contributed by atoms with Gasteiger partial charge in [-0.2, -0.15) is 5.10 Å². The number of aromatic amines is 1. The number of hydrogen-bond donors (Lipinski definition) is 1. The number of likely N-dealkylation sites (tertiary alicyclic amines) is 1. The lowest BCUT2D eigenvalue weighted by molar-refractivity contribution is 0.0700. The van der Waals surface area contributed by atoms with Crippen molar-refractivity contribution in [2.75, 3.05) is 13.1 Å². The summed E-state index contributed by atoms with van der Waals surface area (Å²) in [5, 5.41) is 4.49. The molecule has 0 aliphatic carbocycles. The number of aromatic nitrogens is 3. The number of hydrogen-bond acceptors (Lipinski definition) is 2. The molecule has 4 rings (SSSR count). The molecule has 1 fully saturated rings. The molecule has 0 spiro atoms. The highest BCUT2D eigenvalue weighted by atomic mass is 19.1. The summed E-state index contributed by atoms with van der Waals surface area (Å²) in [5.74, 6) is 0.00823. The van der Waals surface area contributed by atoms with Crippen LogP contribution >= 0.6 is 0 Å². The van der Waals surface area contributed by atoms with Crippen molar-refractivity contribution in [1.29, 1.82) is 0 Å². The van der Waals surface area contributed by atoms with E-state index in [1.165, 1.54) is 12.1 Å². The SMILES string of the molecule is Cn1ccc([C@H]2CCCN(C(=O)c3cc(-c4ccc(F)cc4)c[nH]3)C2)n1. The molecular weight excluding hydrogens is 331 g/mol. The zero-order valence-electron chi connectivity index (χ0n) is 14.7. The summed E-state index contributed by atoms with van der Waals surface area (Å²) in [6.07, 6.45) is 5.75. The van der Waals surface area contributed by atoms with Crippen molar-refractivity contribution < 1.29 is 9.18 Å². The summed E-state index contributed by atoms with van der Waals surface area (Å²) in [5.41, 5.74) is 3.37. The lowest BCUT2D eigenvalue weighted by Crippen LogP contribution is -2.39. The van der Waals surface area contributed by atoms with Gasteiger partial charge >= 0.3 is 0 Å². The van der Waals surface area contributed by atoms with Crippen molar-refractivity contribution in [3.63, 3.8) is 0 Å². The average Bonchev–Trinajstić information content (AvgIpc) is 3.31. The van der Waals surface area contributed by atoms with Gasteiger partial charge in [0, 0.05) is 38.4 Å². The van der Waals surface area contributed by atoms with E-state index in [0.717, 1.165) is 36.2 Å². The van der Waals surface area contributed by atoms with Crippen LogP contribution in [0.3, 0.4) is 0 Å². The van der Waals surface area contributed by atoms with Gasteiger partial charge in [-0.25, -0.2) is 4.39 Å². The van der Waals surface area contributed by atoms with Gasteiger partial charge in [0.25, 0.3) is 5.91 Å². The molecule has 3 aromatic rings. The summed E-state index contributed by atoms with van der Waals surface area (Å²) >= 11 is 0. The number of rotatable bonds is 3. The van der Waals surface area contributed by atoms with Crippen molar-refractivity contribution in [2.24, 2.45) is 7.05 Å². The van der Waals surface area contributed by atoms with Gasteiger partial charge in [-0.05, 0) is 48.2 Å². The number of nitrogens with one attached hydrogen (secondary N) is 1. The predicted molar refractivity (Wildman–Crippen MR) is 97.3 cm³/mol. The van der Waals surface area contributed by atoms with Crippen molar-refractivity contribution in [3.05, 3.63) is 66.0 Å². The second kappa shape index (κ2) is 6.78. The van der Waals surface area contributed by atoms with E-state index in [0.29, 0.717) is 12.2 Å². The minimum Gasteiger partial charge on any atom is -0.357 e. The van der Waals surface area contributed by atoms with E-state index >= 15 is 0 Å². The van der Waals surface area contributed by atoms with Crippen LogP contribution in [0.1, 0.15) is 34.9 Å². The first-order chi connectivity index (χ1) is 12.6. The van der Waals surface area contributed by atoms with Crippen LogP contribution in [-0.2, 0) is 7.05 Å². The zero-order valence-corrected chi connectivity index (χ0v) is 14.7. The molecule has 6 heteroatoms. The number of amides is 1. The van der Waals surface area contributed by atoms with E-state index in [1.54, 1.807) is 23.0 Å². The van der Waals surface area contributed by atoms with Gasteiger partial charge in [-0.1, -0.05) is 12.1 Å². The maximum Gasteiger partial charge on any atom is 0.270 e. The second-order valence-electron chi connectivity index (χ2n) is 6.81. The van der Waals surface area contributed by atoms with E-state index in [1.807, 2.05) is 30.3 Å². The Morgan fingerprint density at radius 2 is 2.04 bits per heavy atom. The lowest BCUT2D eigenvalue weighted by Gasteiger charge is -2.31. The Morgan fingerprint density at radius 1 is 1.23 bits per heavy atom. The minimum atomic E-state index is -0.269. The first kappa shape index (κ1) is 16.6. The molecule has 1 atom stereocenters. The Labute approximate surface area is 151 Å². The molecule has 0 bridgehead atoms. The molecule has 134 valence electrons. The lowest BCUT2D eigenvalue weighted by atomic mass is 9.94. The van der Waals surface area contributed by atoms with E-state index < -0.39 is 0 Å². The summed E-state index contributed by atoms with van der Waals surface area (Å²) < 4.78 is 14.9. The number of piperidine rings is 1. The molecule has 1 aliphatic heterocycles. The van der Waals surface area contributed by atoms with E-state index in [9.17, 15) is 9.18 Å². The number of benzene rings is 1. The fraction of sp³-hybridized carbons (Fsp3) is 0.300. The summed E-state index contributed by atoms with van der Waals surface area (Å²) in [6, 6.07) is 10.1. The standard InChI is InChI=1S/C20H21FN4O/c1-24-10-8-18(23-24)15-3-2-9-25(13-15)20(26)19-11-16(12-22-19)14-4-6-17(21)7-5-14/h4-8,10-12,15,22H,2-3,9,13H2,1H3/t15-/m0/s1. The molecule has 1 aliphatic rings. The van der Waals surface area contributed by atoms with Gasteiger partial charge in [0.05, 0.1) is 5.69 Å². The van der Waals surface area contributed by atoms with Gasteiger partial charge in [-0.15, -0.1) is 0 Å². The van der Waals surface area contributed by atoms with Crippen molar-refractivity contribution in [3.8, 4) is 11.1 Å². The van der Waals surface area contributed by atoms with Crippen LogP contribution in [0.2, 0.25) is 0 Å². The highest BCUT2D eigenvalue weighted by Crippen LogP contribution is 2.27. The van der Waals surface area contributed by atoms with Gasteiger partial charge in [0.15, 0.2) is 0 Å². The smallest absolute Gasteiger partial charge is 0.270 e. The Bertz CT molecular complexity index is 912. The van der Waals surface area contributed by atoms with Crippen LogP contribution in [-0.4, -0.2) is 38.7 Å². The molecule has 26 heavy (non-hydrogen) atoms. The van der Waals surface area contributed by atoms with Gasteiger partial charge in [-0.3, -0.25) is 9.48 Å². The fourth-order valence-corrected chi connectivity index (χ4v) is 3.55. The fourth-order valence-electron chi connectivity index (χ4n) is 3.55. The first-order valence-corrected chi connectivity index (χ1v) is 8.83. The van der Waals surface area contributed by atoms with Crippen LogP contribution in [0.15, 0.2) is 48.8 Å². The van der Waals surface area contributed by atoms with Gasteiger partial charge in [0.2, 0.25) is 0 Å². The monoisotopic (exact) mass is 352 g/mol. The molecule has 0 radical (unpaired) electrons. The molecule has 1 saturated heterocycles.